The van der Waals surface area contributed by atoms with Crippen LogP contribution in [0, 0.1) is 5.92 Å². The fourth-order valence-electron chi connectivity index (χ4n) is 2.42. The summed E-state index contributed by atoms with van der Waals surface area (Å²) in [5.74, 6) is 1.57. The van der Waals surface area contributed by atoms with Crippen LogP contribution in [0.4, 0.5) is 5.82 Å². The maximum Gasteiger partial charge on any atom is 0.163 e. The van der Waals surface area contributed by atoms with Crippen molar-refractivity contribution in [2.45, 2.75) is 6.42 Å². The molecular weight excluding hydrogens is 216 g/mol. The second-order valence-electron chi connectivity index (χ2n) is 4.54. The molecule has 3 heterocycles. The summed E-state index contributed by atoms with van der Waals surface area (Å²) < 4.78 is 1.77. The average Bonchev–Trinajstić information content (AvgIpc) is 2.96. The Morgan fingerprint density at radius 3 is 3.12 bits per heavy atom. The van der Waals surface area contributed by atoms with E-state index in [4.69, 9.17) is 5.73 Å². The van der Waals surface area contributed by atoms with Crippen molar-refractivity contribution in [1.29, 1.82) is 0 Å². The van der Waals surface area contributed by atoms with Crippen molar-refractivity contribution in [3.8, 4) is 0 Å². The van der Waals surface area contributed by atoms with E-state index < -0.39 is 0 Å². The van der Waals surface area contributed by atoms with Gasteiger partial charge in [0, 0.05) is 20.1 Å². The molecule has 0 spiro atoms. The Balaban J connectivity index is 2.00. The lowest BCUT2D eigenvalue weighted by atomic mass is 10.1. The lowest BCUT2D eigenvalue weighted by molar-refractivity contribution is 0.602. The molecule has 6 heteroatoms. The Morgan fingerprint density at radius 1 is 1.47 bits per heavy atom. The van der Waals surface area contributed by atoms with Gasteiger partial charge >= 0.3 is 0 Å². The minimum absolute atomic E-state index is 0.580. The predicted molar refractivity (Wildman–Crippen MR) is 65.7 cm³/mol. The molecule has 1 unspecified atom stereocenters. The summed E-state index contributed by atoms with van der Waals surface area (Å²) in [6.45, 7) is 2.75. The maximum absolute atomic E-state index is 5.71. The van der Waals surface area contributed by atoms with Crippen LogP contribution >= 0.6 is 0 Å². The number of fused-ring (bicyclic) bond motifs is 1. The normalized spacial score (nSPS) is 20.4. The van der Waals surface area contributed by atoms with E-state index in [-0.39, 0.29) is 0 Å². The predicted octanol–water partition coefficient (Wildman–Crippen LogP) is 0.148. The van der Waals surface area contributed by atoms with Crippen molar-refractivity contribution in [3.63, 3.8) is 0 Å². The van der Waals surface area contributed by atoms with Crippen molar-refractivity contribution in [3.05, 3.63) is 12.5 Å². The van der Waals surface area contributed by atoms with Gasteiger partial charge in [0.15, 0.2) is 5.65 Å². The second-order valence-corrected chi connectivity index (χ2v) is 4.54. The summed E-state index contributed by atoms with van der Waals surface area (Å²) in [5.41, 5.74) is 6.60. The van der Waals surface area contributed by atoms with Gasteiger partial charge in [0.2, 0.25) is 0 Å². The van der Waals surface area contributed by atoms with Gasteiger partial charge in [0.05, 0.1) is 11.6 Å². The van der Waals surface area contributed by atoms with Gasteiger partial charge < -0.3 is 10.6 Å². The van der Waals surface area contributed by atoms with E-state index in [2.05, 4.69) is 20.0 Å². The van der Waals surface area contributed by atoms with Crippen LogP contribution in [0.5, 0.6) is 0 Å². The molecule has 0 saturated carbocycles. The highest BCUT2D eigenvalue weighted by Crippen LogP contribution is 2.27. The Labute approximate surface area is 99.4 Å². The van der Waals surface area contributed by atoms with Crippen LogP contribution < -0.4 is 10.6 Å². The van der Waals surface area contributed by atoms with Gasteiger partial charge in [-0.2, -0.15) is 5.10 Å². The van der Waals surface area contributed by atoms with Crippen LogP contribution in [-0.4, -0.2) is 39.4 Å². The minimum Gasteiger partial charge on any atom is -0.356 e. The first-order chi connectivity index (χ1) is 8.29. The van der Waals surface area contributed by atoms with Gasteiger partial charge in [-0.1, -0.05) is 0 Å². The van der Waals surface area contributed by atoms with Gasteiger partial charge in [0.1, 0.15) is 12.1 Å². The Morgan fingerprint density at radius 2 is 2.35 bits per heavy atom. The van der Waals surface area contributed by atoms with Crippen molar-refractivity contribution >= 4 is 16.9 Å². The van der Waals surface area contributed by atoms with Crippen LogP contribution in [-0.2, 0) is 7.05 Å². The first-order valence-electron chi connectivity index (χ1n) is 5.87. The Hall–Kier alpha value is -1.69. The summed E-state index contributed by atoms with van der Waals surface area (Å²) in [6, 6.07) is 0. The number of hydrogen-bond acceptors (Lipinski definition) is 5. The molecule has 0 aromatic carbocycles. The molecule has 0 radical (unpaired) electrons. The molecule has 0 bridgehead atoms. The number of nitrogens with zero attached hydrogens (tertiary/aromatic N) is 5. The van der Waals surface area contributed by atoms with Crippen LogP contribution in [0.3, 0.4) is 0 Å². The van der Waals surface area contributed by atoms with Crippen molar-refractivity contribution in [1.82, 2.24) is 19.7 Å². The molecule has 1 aliphatic rings. The first kappa shape index (κ1) is 10.5. The van der Waals surface area contributed by atoms with E-state index in [1.54, 1.807) is 11.0 Å². The SMILES string of the molecule is Cn1ncc2c(N3CCC(CN)C3)ncnc21. The lowest BCUT2D eigenvalue weighted by Crippen LogP contribution is -2.23. The van der Waals surface area contributed by atoms with E-state index in [0.29, 0.717) is 5.92 Å². The largest absolute Gasteiger partial charge is 0.356 e. The number of aromatic nitrogens is 4. The molecule has 90 valence electrons. The average molecular weight is 232 g/mol. The summed E-state index contributed by atoms with van der Waals surface area (Å²) >= 11 is 0. The monoisotopic (exact) mass is 232 g/mol. The Bertz CT molecular complexity index is 534. The van der Waals surface area contributed by atoms with Gasteiger partial charge in [-0.25, -0.2) is 9.97 Å². The molecule has 1 fully saturated rings. The summed E-state index contributed by atoms with van der Waals surface area (Å²) in [7, 11) is 1.89. The Kier molecular flexibility index (Phi) is 2.44. The second kappa shape index (κ2) is 3.96. The number of hydrogen-bond donors (Lipinski definition) is 1. The highest BCUT2D eigenvalue weighted by atomic mass is 15.3. The zero-order valence-corrected chi connectivity index (χ0v) is 9.87. The lowest BCUT2D eigenvalue weighted by Gasteiger charge is -2.17. The zero-order chi connectivity index (χ0) is 11.8. The molecule has 1 saturated heterocycles. The molecule has 2 aromatic rings. The van der Waals surface area contributed by atoms with Gasteiger partial charge in [0.25, 0.3) is 0 Å². The van der Waals surface area contributed by atoms with Crippen LogP contribution in [0.2, 0.25) is 0 Å². The molecule has 0 aliphatic carbocycles. The number of aryl methyl sites for hydroxylation is 1. The first-order valence-corrected chi connectivity index (χ1v) is 5.87. The van der Waals surface area contributed by atoms with Crippen molar-refractivity contribution in [2.24, 2.45) is 18.7 Å². The van der Waals surface area contributed by atoms with Crippen molar-refractivity contribution in [2.75, 3.05) is 24.5 Å². The van der Waals surface area contributed by atoms with Crippen LogP contribution in [0.15, 0.2) is 12.5 Å². The zero-order valence-electron chi connectivity index (χ0n) is 9.87. The highest BCUT2D eigenvalue weighted by molar-refractivity contribution is 5.86. The summed E-state index contributed by atoms with van der Waals surface area (Å²) in [4.78, 5) is 10.9. The van der Waals surface area contributed by atoms with E-state index in [0.717, 1.165) is 42.9 Å². The number of anilines is 1. The fraction of sp³-hybridized carbons (Fsp3) is 0.545. The van der Waals surface area contributed by atoms with E-state index in [1.807, 2.05) is 13.2 Å². The molecule has 2 N–H and O–H groups in total. The molecule has 6 nitrogen and oxygen atoms in total. The van der Waals surface area contributed by atoms with Gasteiger partial charge in [-0.15, -0.1) is 0 Å². The van der Waals surface area contributed by atoms with Gasteiger partial charge in [-0.3, -0.25) is 4.68 Å². The summed E-state index contributed by atoms with van der Waals surface area (Å²) in [6.07, 6.45) is 4.58. The number of rotatable bonds is 2. The van der Waals surface area contributed by atoms with Crippen LogP contribution in [0.25, 0.3) is 11.0 Å². The standard InChI is InChI=1S/C11H16N6/c1-16-10-9(5-15-16)11(14-7-13-10)17-3-2-8(4-12)6-17/h5,7-8H,2-4,6,12H2,1H3. The molecule has 1 aliphatic heterocycles. The topological polar surface area (TPSA) is 72.9 Å². The maximum atomic E-state index is 5.71. The van der Waals surface area contributed by atoms with E-state index in [1.165, 1.54) is 0 Å². The van der Waals surface area contributed by atoms with E-state index in [9.17, 15) is 0 Å². The molecule has 3 rings (SSSR count). The molecular formula is C11H16N6. The number of nitrogens with two attached hydrogens (primary N) is 1. The third-order valence-electron chi connectivity index (χ3n) is 3.43. The minimum atomic E-state index is 0.580. The molecule has 17 heavy (non-hydrogen) atoms. The third kappa shape index (κ3) is 1.64. The fourth-order valence-corrected chi connectivity index (χ4v) is 2.42. The quantitative estimate of drug-likeness (QED) is 0.797. The molecule has 2 aromatic heterocycles. The smallest absolute Gasteiger partial charge is 0.163 e. The summed E-state index contributed by atoms with van der Waals surface area (Å²) in [5, 5.41) is 5.25. The third-order valence-corrected chi connectivity index (χ3v) is 3.43. The highest BCUT2D eigenvalue weighted by Gasteiger charge is 2.24. The molecule has 1 atom stereocenters. The van der Waals surface area contributed by atoms with Crippen molar-refractivity contribution < 1.29 is 0 Å². The van der Waals surface area contributed by atoms with E-state index >= 15 is 0 Å². The van der Waals surface area contributed by atoms with Gasteiger partial charge in [-0.05, 0) is 18.9 Å². The van der Waals surface area contributed by atoms with Crippen LogP contribution in [0.1, 0.15) is 6.42 Å². The molecule has 0 amide bonds.